The summed E-state index contributed by atoms with van der Waals surface area (Å²) in [4.78, 5) is 23.6. The van der Waals surface area contributed by atoms with Crippen molar-refractivity contribution in [3.8, 4) is 17.1 Å². The van der Waals surface area contributed by atoms with Crippen molar-refractivity contribution in [1.29, 1.82) is 0 Å². The van der Waals surface area contributed by atoms with Gasteiger partial charge in [-0.3, -0.25) is 0 Å². The lowest BCUT2D eigenvalue weighted by Gasteiger charge is -2.04. The van der Waals surface area contributed by atoms with Crippen LogP contribution in [0.15, 0.2) is 53.1 Å². The molecule has 1 aromatic heterocycles. The van der Waals surface area contributed by atoms with E-state index in [-0.39, 0.29) is 12.7 Å². The van der Waals surface area contributed by atoms with Crippen LogP contribution in [0.3, 0.4) is 0 Å². The number of fused-ring (bicyclic) bond motifs is 1. The van der Waals surface area contributed by atoms with Crippen LogP contribution >= 0.6 is 0 Å². The second-order valence-corrected chi connectivity index (χ2v) is 6.78. The van der Waals surface area contributed by atoms with Gasteiger partial charge < -0.3 is 18.7 Å². The third-order valence-corrected chi connectivity index (χ3v) is 4.64. The fraction of sp³-hybridized carbons (Fsp3) is 0.227. The van der Waals surface area contributed by atoms with E-state index < -0.39 is 11.9 Å². The number of nitrogens with zero attached hydrogens (tertiary/aromatic N) is 1. The lowest BCUT2D eigenvalue weighted by molar-refractivity contribution is 0.0463. The number of esters is 2. The van der Waals surface area contributed by atoms with Gasteiger partial charge in [-0.1, -0.05) is 17.3 Å². The first kappa shape index (κ1) is 18.7. The second kappa shape index (κ2) is 7.79. The zero-order chi connectivity index (χ0) is 20.4. The molecule has 2 heterocycles. The minimum atomic E-state index is -0.522. The lowest BCUT2D eigenvalue weighted by Crippen LogP contribution is -2.07. The van der Waals surface area contributed by atoms with Gasteiger partial charge in [-0.05, 0) is 42.8 Å². The van der Waals surface area contributed by atoms with Crippen molar-refractivity contribution in [2.75, 3.05) is 7.11 Å². The molecule has 0 fully saturated rings. The molecule has 0 radical (unpaired) electrons. The smallest absolute Gasteiger partial charge is 0.338 e. The normalized spacial score (nSPS) is 14.8. The Hall–Kier alpha value is -3.61. The molecule has 0 saturated carbocycles. The first-order chi connectivity index (χ1) is 14.0. The molecular formula is C22H19NO6. The molecule has 3 aromatic rings. The minimum absolute atomic E-state index is 0.0282. The third-order valence-electron chi connectivity index (χ3n) is 4.64. The topological polar surface area (TPSA) is 87.9 Å². The Morgan fingerprint density at radius 3 is 2.52 bits per heavy atom. The van der Waals surface area contributed by atoms with Crippen LogP contribution in [0.2, 0.25) is 0 Å². The van der Waals surface area contributed by atoms with E-state index in [4.69, 9.17) is 14.0 Å². The summed E-state index contributed by atoms with van der Waals surface area (Å²) in [5.74, 6) is 0.441. The number of benzene rings is 2. The van der Waals surface area contributed by atoms with Gasteiger partial charge in [0.15, 0.2) is 5.76 Å². The van der Waals surface area contributed by atoms with Crippen LogP contribution in [0.5, 0.6) is 5.75 Å². The maximum Gasteiger partial charge on any atom is 0.338 e. The van der Waals surface area contributed by atoms with E-state index in [9.17, 15) is 9.59 Å². The van der Waals surface area contributed by atoms with Gasteiger partial charge in [0, 0.05) is 18.1 Å². The third kappa shape index (κ3) is 3.99. The Balaban J connectivity index is 1.39. The fourth-order valence-electron chi connectivity index (χ4n) is 3.15. The van der Waals surface area contributed by atoms with E-state index in [1.54, 1.807) is 6.07 Å². The molecule has 0 aliphatic carbocycles. The summed E-state index contributed by atoms with van der Waals surface area (Å²) in [5.41, 5.74) is 3.20. The number of aromatic nitrogens is 1. The monoisotopic (exact) mass is 393 g/mol. The highest BCUT2D eigenvalue weighted by atomic mass is 16.5. The molecule has 0 amide bonds. The molecule has 7 heteroatoms. The van der Waals surface area contributed by atoms with Crippen molar-refractivity contribution in [2.45, 2.75) is 26.1 Å². The predicted octanol–water partition coefficient (Wildman–Crippen LogP) is 3.81. The molecule has 0 bridgehead atoms. The molecule has 0 N–H and O–H groups in total. The highest BCUT2D eigenvalue weighted by Crippen LogP contribution is 2.33. The minimum Gasteiger partial charge on any atom is -0.490 e. The van der Waals surface area contributed by atoms with Gasteiger partial charge in [0.2, 0.25) is 0 Å². The van der Waals surface area contributed by atoms with E-state index in [1.807, 2.05) is 25.1 Å². The average molecular weight is 393 g/mol. The van der Waals surface area contributed by atoms with Crippen LogP contribution in [0, 0.1) is 0 Å². The van der Waals surface area contributed by atoms with Gasteiger partial charge in [-0.2, -0.15) is 0 Å². The molecule has 7 nitrogen and oxygen atoms in total. The zero-order valence-electron chi connectivity index (χ0n) is 16.0. The highest BCUT2D eigenvalue weighted by molar-refractivity contribution is 5.93. The molecular weight excluding hydrogens is 374 g/mol. The standard InChI is InChI=1S/C22H19NO6/c1-13-9-16-7-8-17(10-19(16)28-13)20-11-18(23-29-20)12-27-22(25)15-5-3-14(4-6-15)21(24)26-2/h3-8,10-11,13H,9,12H2,1-2H3. The number of rotatable bonds is 5. The molecule has 29 heavy (non-hydrogen) atoms. The Morgan fingerprint density at radius 1 is 1.07 bits per heavy atom. The molecule has 0 spiro atoms. The fourth-order valence-corrected chi connectivity index (χ4v) is 3.15. The van der Waals surface area contributed by atoms with E-state index in [2.05, 4.69) is 9.89 Å². The van der Waals surface area contributed by atoms with Crippen molar-refractivity contribution in [3.63, 3.8) is 0 Å². The number of methoxy groups -OCH3 is 1. The Bertz CT molecular complexity index is 1050. The van der Waals surface area contributed by atoms with E-state index >= 15 is 0 Å². The van der Waals surface area contributed by atoms with Crippen molar-refractivity contribution in [2.24, 2.45) is 0 Å². The van der Waals surface area contributed by atoms with E-state index in [0.717, 1.165) is 17.7 Å². The van der Waals surface area contributed by atoms with Crippen LogP contribution < -0.4 is 4.74 Å². The van der Waals surface area contributed by atoms with Crippen molar-refractivity contribution in [3.05, 3.63) is 70.9 Å². The Morgan fingerprint density at radius 2 is 1.79 bits per heavy atom. The van der Waals surface area contributed by atoms with Gasteiger partial charge in [-0.15, -0.1) is 0 Å². The van der Waals surface area contributed by atoms with Gasteiger partial charge >= 0.3 is 11.9 Å². The molecule has 1 unspecified atom stereocenters. The molecule has 1 aliphatic heterocycles. The van der Waals surface area contributed by atoms with Crippen LogP contribution in [-0.4, -0.2) is 30.3 Å². The summed E-state index contributed by atoms with van der Waals surface area (Å²) in [6.07, 6.45) is 1.07. The Labute approximate surface area is 167 Å². The summed E-state index contributed by atoms with van der Waals surface area (Å²) >= 11 is 0. The van der Waals surface area contributed by atoms with Gasteiger partial charge in [0.25, 0.3) is 0 Å². The average Bonchev–Trinajstić information content (AvgIpc) is 3.36. The van der Waals surface area contributed by atoms with Gasteiger partial charge in [0.05, 0.1) is 18.2 Å². The van der Waals surface area contributed by atoms with Crippen molar-refractivity contribution >= 4 is 11.9 Å². The number of ether oxygens (including phenoxy) is 3. The van der Waals surface area contributed by atoms with E-state index in [1.165, 1.54) is 36.9 Å². The van der Waals surface area contributed by atoms with Crippen LogP contribution in [-0.2, 0) is 22.5 Å². The maximum atomic E-state index is 12.2. The molecule has 0 saturated heterocycles. The van der Waals surface area contributed by atoms with Gasteiger partial charge in [-0.25, -0.2) is 9.59 Å². The lowest BCUT2D eigenvalue weighted by atomic mass is 10.1. The number of carbonyl (C=O) groups is 2. The summed E-state index contributed by atoms with van der Waals surface area (Å²) in [6.45, 7) is 2.00. The van der Waals surface area contributed by atoms with Crippen LogP contribution in [0.4, 0.5) is 0 Å². The molecule has 1 atom stereocenters. The number of hydrogen-bond acceptors (Lipinski definition) is 7. The molecule has 4 rings (SSSR count). The quantitative estimate of drug-likeness (QED) is 0.609. The van der Waals surface area contributed by atoms with Crippen molar-refractivity contribution in [1.82, 2.24) is 5.16 Å². The van der Waals surface area contributed by atoms with Crippen molar-refractivity contribution < 1.29 is 28.3 Å². The molecule has 2 aromatic carbocycles. The molecule has 1 aliphatic rings. The highest BCUT2D eigenvalue weighted by Gasteiger charge is 2.20. The van der Waals surface area contributed by atoms with Gasteiger partial charge in [0.1, 0.15) is 24.2 Å². The van der Waals surface area contributed by atoms with Crippen LogP contribution in [0.25, 0.3) is 11.3 Å². The number of hydrogen-bond donors (Lipinski definition) is 0. The summed E-state index contributed by atoms with van der Waals surface area (Å²) in [7, 11) is 1.30. The van der Waals surface area contributed by atoms with Crippen LogP contribution in [0.1, 0.15) is 38.9 Å². The van der Waals surface area contributed by atoms with E-state index in [0.29, 0.717) is 22.6 Å². The first-order valence-corrected chi connectivity index (χ1v) is 9.14. The molecule has 148 valence electrons. The summed E-state index contributed by atoms with van der Waals surface area (Å²) in [5, 5.41) is 3.96. The maximum absolute atomic E-state index is 12.2. The largest absolute Gasteiger partial charge is 0.490 e. The SMILES string of the molecule is COC(=O)c1ccc(C(=O)OCc2cc(-c3ccc4c(c3)OC(C)C4)on2)cc1. The predicted molar refractivity (Wildman–Crippen MR) is 103 cm³/mol. The summed E-state index contributed by atoms with van der Waals surface area (Å²) < 4.78 is 21.1. The number of carbonyl (C=O) groups excluding carboxylic acids is 2. The summed E-state index contributed by atoms with van der Waals surface area (Å²) in [6, 6.07) is 13.7. The first-order valence-electron chi connectivity index (χ1n) is 9.14. The Kier molecular flexibility index (Phi) is 5.03. The second-order valence-electron chi connectivity index (χ2n) is 6.78. The zero-order valence-corrected chi connectivity index (χ0v) is 16.0.